The van der Waals surface area contributed by atoms with E-state index in [1.54, 1.807) is 0 Å². The summed E-state index contributed by atoms with van der Waals surface area (Å²) in [6, 6.07) is 9.60. The predicted molar refractivity (Wildman–Crippen MR) is 84.2 cm³/mol. The van der Waals surface area contributed by atoms with E-state index < -0.39 is 0 Å². The molecule has 3 nitrogen and oxygen atoms in total. The van der Waals surface area contributed by atoms with E-state index in [0.29, 0.717) is 12.1 Å². The number of nitrogens with two attached hydrogens (primary N) is 1. The minimum absolute atomic E-state index is 0.136. The summed E-state index contributed by atoms with van der Waals surface area (Å²) in [6.07, 6.45) is 0. The zero-order valence-electron chi connectivity index (χ0n) is 12.0. The Labute approximate surface area is 124 Å². The largest absolute Gasteiger partial charge is 0.326 e. The van der Waals surface area contributed by atoms with Crippen LogP contribution in [-0.4, -0.2) is 48.6 Å². The van der Waals surface area contributed by atoms with Crippen molar-refractivity contribution >= 4 is 15.9 Å². The summed E-state index contributed by atoms with van der Waals surface area (Å²) in [4.78, 5) is 4.94. The fourth-order valence-corrected chi connectivity index (χ4v) is 3.10. The Morgan fingerprint density at radius 3 is 2.42 bits per heavy atom. The van der Waals surface area contributed by atoms with Gasteiger partial charge in [-0.1, -0.05) is 28.1 Å². The molecule has 2 rings (SSSR count). The third-order valence-corrected chi connectivity index (χ3v) is 4.62. The van der Waals surface area contributed by atoms with E-state index in [4.69, 9.17) is 5.73 Å². The van der Waals surface area contributed by atoms with Gasteiger partial charge in [0.25, 0.3) is 0 Å². The lowest BCUT2D eigenvalue weighted by atomic mass is 9.97. The number of benzene rings is 1. The third kappa shape index (κ3) is 3.57. The van der Waals surface area contributed by atoms with Crippen molar-refractivity contribution in [3.63, 3.8) is 0 Å². The molecule has 0 saturated carbocycles. The highest BCUT2D eigenvalue weighted by Crippen LogP contribution is 2.27. The SMILES string of the molecule is CC(N)C(c1ccc(Br)cc1)N1CCN(C)C(C)C1. The second-order valence-corrected chi connectivity index (χ2v) is 6.60. The van der Waals surface area contributed by atoms with E-state index in [-0.39, 0.29) is 6.04 Å². The standard InChI is InChI=1S/C15H24BrN3/c1-11-10-19(9-8-18(11)3)15(12(2)17)13-4-6-14(16)7-5-13/h4-7,11-12,15H,8-10,17H2,1-3H3. The first kappa shape index (κ1) is 15.0. The monoisotopic (exact) mass is 325 g/mol. The zero-order valence-corrected chi connectivity index (χ0v) is 13.6. The van der Waals surface area contributed by atoms with E-state index in [1.165, 1.54) is 5.56 Å². The number of nitrogens with zero attached hydrogens (tertiary/aromatic N) is 2. The first-order chi connectivity index (χ1) is 8.99. The summed E-state index contributed by atoms with van der Waals surface area (Å²) in [5, 5.41) is 0. The van der Waals surface area contributed by atoms with Crippen LogP contribution in [-0.2, 0) is 0 Å². The molecule has 1 saturated heterocycles. The molecule has 1 aromatic rings. The van der Waals surface area contributed by atoms with Gasteiger partial charge in [-0.3, -0.25) is 4.90 Å². The van der Waals surface area contributed by atoms with Crippen molar-refractivity contribution in [2.24, 2.45) is 5.73 Å². The van der Waals surface area contributed by atoms with Gasteiger partial charge in [-0.05, 0) is 38.6 Å². The number of hydrogen-bond acceptors (Lipinski definition) is 3. The predicted octanol–water partition coefficient (Wildman–Crippen LogP) is 2.47. The fraction of sp³-hybridized carbons (Fsp3) is 0.600. The maximum absolute atomic E-state index is 6.25. The molecule has 1 fully saturated rings. The maximum atomic E-state index is 6.25. The summed E-state index contributed by atoms with van der Waals surface area (Å²) >= 11 is 3.49. The number of hydrogen-bond donors (Lipinski definition) is 1. The highest BCUT2D eigenvalue weighted by Gasteiger charge is 2.29. The number of halogens is 1. The van der Waals surface area contributed by atoms with Crippen LogP contribution in [0.4, 0.5) is 0 Å². The normalized spacial score (nSPS) is 25.2. The van der Waals surface area contributed by atoms with Gasteiger partial charge in [0.05, 0.1) is 0 Å². The summed E-state index contributed by atoms with van der Waals surface area (Å²) in [7, 11) is 2.20. The van der Waals surface area contributed by atoms with Crippen molar-refractivity contribution in [3.05, 3.63) is 34.3 Å². The smallest absolute Gasteiger partial charge is 0.0497 e. The maximum Gasteiger partial charge on any atom is 0.0497 e. The topological polar surface area (TPSA) is 32.5 Å². The Morgan fingerprint density at radius 1 is 1.26 bits per heavy atom. The highest BCUT2D eigenvalue weighted by molar-refractivity contribution is 9.10. The second kappa shape index (κ2) is 6.35. The summed E-state index contributed by atoms with van der Waals surface area (Å²) in [6.45, 7) is 7.67. The molecule has 0 amide bonds. The fourth-order valence-electron chi connectivity index (χ4n) is 2.84. The van der Waals surface area contributed by atoms with Gasteiger partial charge < -0.3 is 10.6 Å². The summed E-state index contributed by atoms with van der Waals surface area (Å²) in [5.41, 5.74) is 7.57. The Kier molecular flexibility index (Phi) is 5.01. The molecular formula is C15H24BrN3. The molecule has 1 aliphatic rings. The lowest BCUT2D eigenvalue weighted by molar-refractivity contribution is 0.0639. The molecule has 0 aliphatic carbocycles. The molecule has 3 atom stereocenters. The highest BCUT2D eigenvalue weighted by atomic mass is 79.9. The Balaban J connectivity index is 2.18. The van der Waals surface area contributed by atoms with Crippen LogP contribution in [0.5, 0.6) is 0 Å². The van der Waals surface area contributed by atoms with Gasteiger partial charge in [0.2, 0.25) is 0 Å². The molecule has 3 unspecified atom stereocenters. The molecule has 1 aliphatic heterocycles. The van der Waals surface area contributed by atoms with Gasteiger partial charge in [0.1, 0.15) is 0 Å². The van der Waals surface area contributed by atoms with Crippen LogP contribution in [0.2, 0.25) is 0 Å². The molecule has 0 radical (unpaired) electrons. The van der Waals surface area contributed by atoms with Crippen LogP contribution in [0.15, 0.2) is 28.7 Å². The van der Waals surface area contributed by atoms with Gasteiger partial charge in [-0.2, -0.15) is 0 Å². The van der Waals surface area contributed by atoms with Crippen LogP contribution in [0.3, 0.4) is 0 Å². The van der Waals surface area contributed by atoms with Gasteiger partial charge in [0, 0.05) is 42.2 Å². The van der Waals surface area contributed by atoms with Crippen LogP contribution in [0.25, 0.3) is 0 Å². The molecule has 1 aromatic carbocycles. The lowest BCUT2D eigenvalue weighted by Gasteiger charge is -2.43. The van der Waals surface area contributed by atoms with E-state index >= 15 is 0 Å². The van der Waals surface area contributed by atoms with Crippen molar-refractivity contribution < 1.29 is 0 Å². The average Bonchev–Trinajstić information content (AvgIpc) is 2.36. The molecule has 19 heavy (non-hydrogen) atoms. The lowest BCUT2D eigenvalue weighted by Crippen LogP contribution is -2.53. The molecule has 0 bridgehead atoms. The number of piperazine rings is 1. The van der Waals surface area contributed by atoms with Crippen LogP contribution >= 0.6 is 15.9 Å². The van der Waals surface area contributed by atoms with Gasteiger partial charge in [-0.15, -0.1) is 0 Å². The quantitative estimate of drug-likeness (QED) is 0.926. The van der Waals surface area contributed by atoms with Crippen molar-refractivity contribution in [2.45, 2.75) is 32.0 Å². The molecule has 2 N–H and O–H groups in total. The Hall–Kier alpha value is -0.420. The van der Waals surface area contributed by atoms with Crippen LogP contribution in [0, 0.1) is 0 Å². The average molecular weight is 326 g/mol. The van der Waals surface area contributed by atoms with Crippen molar-refractivity contribution in [1.29, 1.82) is 0 Å². The van der Waals surface area contributed by atoms with E-state index in [2.05, 4.69) is 70.9 Å². The third-order valence-electron chi connectivity index (χ3n) is 4.09. The second-order valence-electron chi connectivity index (χ2n) is 5.68. The summed E-state index contributed by atoms with van der Waals surface area (Å²) < 4.78 is 1.12. The molecule has 0 aromatic heterocycles. The van der Waals surface area contributed by atoms with Gasteiger partial charge in [0.15, 0.2) is 0 Å². The summed E-state index contributed by atoms with van der Waals surface area (Å²) in [5.74, 6) is 0. The van der Waals surface area contributed by atoms with E-state index in [1.807, 2.05) is 0 Å². The molecule has 1 heterocycles. The molecular weight excluding hydrogens is 302 g/mol. The Morgan fingerprint density at radius 2 is 1.89 bits per heavy atom. The van der Waals surface area contributed by atoms with Crippen molar-refractivity contribution in [2.75, 3.05) is 26.7 Å². The van der Waals surface area contributed by atoms with Gasteiger partial charge in [-0.25, -0.2) is 0 Å². The van der Waals surface area contributed by atoms with Gasteiger partial charge >= 0.3 is 0 Å². The zero-order chi connectivity index (χ0) is 14.0. The van der Waals surface area contributed by atoms with Crippen LogP contribution < -0.4 is 5.73 Å². The first-order valence-corrected chi connectivity index (χ1v) is 7.73. The Bertz CT molecular complexity index is 404. The molecule has 106 valence electrons. The minimum atomic E-state index is 0.136. The van der Waals surface area contributed by atoms with Crippen molar-refractivity contribution in [3.8, 4) is 0 Å². The van der Waals surface area contributed by atoms with Crippen molar-refractivity contribution in [1.82, 2.24) is 9.80 Å². The van der Waals surface area contributed by atoms with Crippen LogP contribution in [0.1, 0.15) is 25.5 Å². The molecule has 4 heteroatoms. The number of rotatable bonds is 3. The first-order valence-electron chi connectivity index (χ1n) is 6.94. The minimum Gasteiger partial charge on any atom is -0.326 e. The van der Waals surface area contributed by atoms with E-state index in [9.17, 15) is 0 Å². The molecule has 0 spiro atoms. The number of likely N-dealkylation sites (N-methyl/N-ethyl adjacent to an activating group) is 1. The van der Waals surface area contributed by atoms with E-state index in [0.717, 1.165) is 24.1 Å².